The van der Waals surface area contributed by atoms with Crippen molar-refractivity contribution in [2.75, 3.05) is 13.1 Å². The second-order valence-electron chi connectivity index (χ2n) is 4.44. The highest BCUT2D eigenvalue weighted by Gasteiger charge is 2.18. The molecule has 1 unspecified atom stereocenters. The van der Waals surface area contributed by atoms with Gasteiger partial charge < -0.3 is 15.4 Å². The molecule has 1 aromatic carbocycles. The fourth-order valence-corrected chi connectivity index (χ4v) is 2.03. The molecule has 1 fully saturated rings. The maximum Gasteiger partial charge on any atom is 0.412 e. The molecule has 1 saturated heterocycles. The Morgan fingerprint density at radius 1 is 1.41 bits per heavy atom. The number of benzene rings is 1. The fraction of sp³-hybridized carbons (Fsp3) is 0.462. The van der Waals surface area contributed by atoms with E-state index >= 15 is 0 Å². The first kappa shape index (κ1) is 11.9. The van der Waals surface area contributed by atoms with Crippen LogP contribution in [0.5, 0.6) is 5.75 Å². The molecule has 1 amide bonds. The lowest BCUT2D eigenvalue weighted by molar-refractivity contribution is 0.196. The number of rotatable bonds is 2. The highest BCUT2D eigenvalue weighted by Crippen LogP contribution is 2.22. The molecular weight excluding hydrogens is 216 g/mol. The third kappa shape index (κ3) is 2.97. The van der Waals surface area contributed by atoms with Gasteiger partial charge in [-0.3, -0.25) is 0 Å². The summed E-state index contributed by atoms with van der Waals surface area (Å²) in [5, 5.41) is 6.05. The van der Waals surface area contributed by atoms with Gasteiger partial charge in [0, 0.05) is 12.6 Å². The van der Waals surface area contributed by atoms with Crippen LogP contribution in [0.3, 0.4) is 0 Å². The van der Waals surface area contributed by atoms with Crippen molar-refractivity contribution in [3.8, 4) is 5.75 Å². The summed E-state index contributed by atoms with van der Waals surface area (Å²) in [6.07, 6.45) is 0.595. The van der Waals surface area contributed by atoms with E-state index in [1.807, 2.05) is 32.0 Å². The molecule has 92 valence electrons. The lowest BCUT2D eigenvalue weighted by atomic mass is 10.1. The molecule has 17 heavy (non-hydrogen) atoms. The predicted octanol–water partition coefficient (Wildman–Crippen LogP) is 1.75. The number of nitrogens with one attached hydrogen (secondary N) is 2. The first-order valence-corrected chi connectivity index (χ1v) is 5.92. The van der Waals surface area contributed by atoms with E-state index in [1.54, 1.807) is 0 Å². The Bertz CT molecular complexity index is 392. The van der Waals surface area contributed by atoms with Crippen molar-refractivity contribution >= 4 is 6.09 Å². The molecule has 1 atom stereocenters. The van der Waals surface area contributed by atoms with Crippen molar-refractivity contribution in [2.24, 2.45) is 0 Å². The fourth-order valence-electron chi connectivity index (χ4n) is 2.03. The van der Waals surface area contributed by atoms with Crippen molar-refractivity contribution in [1.29, 1.82) is 0 Å². The zero-order valence-corrected chi connectivity index (χ0v) is 10.2. The van der Waals surface area contributed by atoms with Crippen LogP contribution in [-0.2, 0) is 0 Å². The van der Waals surface area contributed by atoms with E-state index in [9.17, 15) is 4.79 Å². The monoisotopic (exact) mass is 234 g/mol. The molecule has 0 aliphatic carbocycles. The summed E-state index contributed by atoms with van der Waals surface area (Å²) in [4.78, 5) is 11.7. The van der Waals surface area contributed by atoms with Crippen molar-refractivity contribution < 1.29 is 9.53 Å². The van der Waals surface area contributed by atoms with Crippen LogP contribution in [0.4, 0.5) is 4.79 Å². The molecule has 0 spiro atoms. The van der Waals surface area contributed by atoms with Crippen LogP contribution >= 0.6 is 0 Å². The number of hydrogen-bond acceptors (Lipinski definition) is 3. The average molecular weight is 234 g/mol. The quantitative estimate of drug-likeness (QED) is 0.819. The Morgan fingerprint density at radius 3 is 2.71 bits per heavy atom. The molecule has 0 saturated carbocycles. The van der Waals surface area contributed by atoms with Crippen LogP contribution in [-0.4, -0.2) is 25.2 Å². The van der Waals surface area contributed by atoms with E-state index in [0.717, 1.165) is 30.6 Å². The Labute approximate surface area is 101 Å². The van der Waals surface area contributed by atoms with Crippen LogP contribution in [0.25, 0.3) is 0 Å². The van der Waals surface area contributed by atoms with Gasteiger partial charge in [-0.05, 0) is 37.9 Å². The Kier molecular flexibility index (Phi) is 3.64. The number of aryl methyl sites for hydroxylation is 2. The highest BCUT2D eigenvalue weighted by atomic mass is 16.6. The minimum absolute atomic E-state index is 0.187. The number of carbonyl (C=O) groups is 1. The van der Waals surface area contributed by atoms with Gasteiger partial charge in [-0.2, -0.15) is 0 Å². The first-order valence-electron chi connectivity index (χ1n) is 5.92. The molecule has 0 bridgehead atoms. The van der Waals surface area contributed by atoms with Crippen molar-refractivity contribution in [2.45, 2.75) is 26.3 Å². The van der Waals surface area contributed by atoms with E-state index < -0.39 is 0 Å². The smallest absolute Gasteiger partial charge is 0.410 e. The minimum Gasteiger partial charge on any atom is -0.410 e. The first-order chi connectivity index (χ1) is 8.16. The Hall–Kier alpha value is -1.55. The van der Waals surface area contributed by atoms with E-state index in [2.05, 4.69) is 10.6 Å². The van der Waals surface area contributed by atoms with Crippen LogP contribution in [0.15, 0.2) is 18.2 Å². The molecule has 1 heterocycles. The van der Waals surface area contributed by atoms with Gasteiger partial charge in [-0.15, -0.1) is 0 Å². The van der Waals surface area contributed by atoms with Crippen LogP contribution in [0.1, 0.15) is 17.5 Å². The topological polar surface area (TPSA) is 50.4 Å². The summed E-state index contributed by atoms with van der Waals surface area (Å²) in [5.41, 5.74) is 1.95. The van der Waals surface area contributed by atoms with Crippen LogP contribution < -0.4 is 15.4 Å². The summed E-state index contributed by atoms with van der Waals surface area (Å²) >= 11 is 0. The number of hydrogen-bond donors (Lipinski definition) is 2. The molecule has 4 heteroatoms. The SMILES string of the molecule is Cc1cccc(C)c1OC(=O)NC1CCNC1. The van der Waals surface area contributed by atoms with E-state index in [1.165, 1.54) is 0 Å². The van der Waals surface area contributed by atoms with Gasteiger partial charge in [0.15, 0.2) is 0 Å². The van der Waals surface area contributed by atoms with Gasteiger partial charge in [0.05, 0.1) is 0 Å². The molecule has 4 nitrogen and oxygen atoms in total. The second kappa shape index (κ2) is 5.19. The van der Waals surface area contributed by atoms with E-state index in [4.69, 9.17) is 4.74 Å². The lowest BCUT2D eigenvalue weighted by Crippen LogP contribution is -2.38. The van der Waals surface area contributed by atoms with Gasteiger partial charge in [0.25, 0.3) is 0 Å². The van der Waals surface area contributed by atoms with Gasteiger partial charge in [-0.1, -0.05) is 18.2 Å². The Balaban J connectivity index is 1.97. The zero-order valence-electron chi connectivity index (χ0n) is 10.2. The van der Waals surface area contributed by atoms with Gasteiger partial charge >= 0.3 is 6.09 Å². The van der Waals surface area contributed by atoms with E-state index in [-0.39, 0.29) is 12.1 Å². The zero-order chi connectivity index (χ0) is 12.3. The summed E-state index contributed by atoms with van der Waals surface area (Å²) in [7, 11) is 0. The summed E-state index contributed by atoms with van der Waals surface area (Å²) < 4.78 is 5.36. The predicted molar refractivity (Wildman–Crippen MR) is 66.4 cm³/mol. The van der Waals surface area contributed by atoms with Gasteiger partial charge in [0.1, 0.15) is 5.75 Å². The van der Waals surface area contributed by atoms with Crippen LogP contribution in [0, 0.1) is 13.8 Å². The molecule has 1 aliphatic rings. The van der Waals surface area contributed by atoms with Gasteiger partial charge in [-0.25, -0.2) is 4.79 Å². The van der Waals surface area contributed by atoms with Crippen molar-refractivity contribution in [3.63, 3.8) is 0 Å². The maximum absolute atomic E-state index is 11.7. The standard InChI is InChI=1S/C13H18N2O2/c1-9-4-3-5-10(2)12(9)17-13(16)15-11-6-7-14-8-11/h3-5,11,14H,6-8H2,1-2H3,(H,15,16). The molecule has 1 aliphatic heterocycles. The molecule has 2 N–H and O–H groups in total. The summed E-state index contributed by atoms with van der Waals surface area (Å²) in [5.74, 6) is 0.663. The minimum atomic E-state index is -0.365. The maximum atomic E-state index is 11.7. The highest BCUT2D eigenvalue weighted by molar-refractivity contribution is 5.71. The number of carbonyl (C=O) groups excluding carboxylic acids is 1. The van der Waals surface area contributed by atoms with Crippen LogP contribution in [0.2, 0.25) is 0 Å². The molecular formula is C13H18N2O2. The van der Waals surface area contributed by atoms with Crippen molar-refractivity contribution in [3.05, 3.63) is 29.3 Å². The number of para-hydroxylation sites is 1. The third-order valence-electron chi connectivity index (χ3n) is 2.99. The average Bonchev–Trinajstić information content (AvgIpc) is 2.76. The normalized spacial score (nSPS) is 19.1. The molecule has 2 rings (SSSR count). The van der Waals surface area contributed by atoms with Gasteiger partial charge in [0.2, 0.25) is 0 Å². The molecule has 0 radical (unpaired) electrons. The molecule has 1 aromatic rings. The molecule has 0 aromatic heterocycles. The second-order valence-corrected chi connectivity index (χ2v) is 4.44. The number of amides is 1. The number of ether oxygens (including phenoxy) is 1. The summed E-state index contributed by atoms with van der Waals surface area (Å²) in [6.45, 7) is 5.65. The van der Waals surface area contributed by atoms with E-state index in [0.29, 0.717) is 5.75 Å². The Morgan fingerprint density at radius 2 is 2.12 bits per heavy atom. The van der Waals surface area contributed by atoms with Crippen molar-refractivity contribution in [1.82, 2.24) is 10.6 Å². The third-order valence-corrected chi connectivity index (χ3v) is 2.99. The lowest BCUT2D eigenvalue weighted by Gasteiger charge is -2.14. The largest absolute Gasteiger partial charge is 0.412 e. The summed E-state index contributed by atoms with van der Waals surface area (Å²) in [6, 6.07) is 6.02.